The summed E-state index contributed by atoms with van der Waals surface area (Å²) in [4.78, 5) is 0. The number of para-hydroxylation sites is 6. The molecule has 10 rings (SSSR count). The van der Waals surface area contributed by atoms with Gasteiger partial charge in [-0.25, -0.2) is 0 Å². The largest absolute Gasteiger partial charge is 0.307 e. The van der Waals surface area contributed by atoms with Crippen LogP contribution in [0, 0.1) is 0 Å². The zero-order valence-electron chi connectivity index (χ0n) is 20.4. The van der Waals surface area contributed by atoms with Crippen molar-refractivity contribution in [2.24, 2.45) is 0 Å². The van der Waals surface area contributed by atoms with Gasteiger partial charge in [0.15, 0.2) is 0 Å². The number of aromatic nitrogens is 2. The van der Waals surface area contributed by atoms with Gasteiger partial charge in [0.25, 0.3) is 0 Å². The van der Waals surface area contributed by atoms with Crippen molar-refractivity contribution >= 4 is 76.2 Å². The van der Waals surface area contributed by atoms with E-state index in [1.54, 1.807) is 0 Å². The van der Waals surface area contributed by atoms with Crippen LogP contribution in [0.2, 0.25) is 0 Å². The summed E-state index contributed by atoms with van der Waals surface area (Å²) in [5.41, 5.74) is 10.3. The van der Waals surface area contributed by atoms with Crippen molar-refractivity contribution in [1.29, 1.82) is 0 Å². The number of hydrogen-bond donors (Lipinski definition) is 0. The van der Waals surface area contributed by atoms with E-state index in [2.05, 4.69) is 130 Å². The molecule has 174 valence electrons. The molecule has 10 aromatic rings. The minimum Gasteiger partial charge on any atom is -0.307 e. The van der Waals surface area contributed by atoms with Gasteiger partial charge in [-0.2, -0.15) is 0 Å². The molecule has 4 aromatic heterocycles. The van der Waals surface area contributed by atoms with Crippen LogP contribution >= 0.6 is 0 Å². The van der Waals surface area contributed by atoms with Crippen LogP contribution < -0.4 is 0 Å². The first-order valence-corrected chi connectivity index (χ1v) is 13.2. The maximum Gasteiger partial charge on any atom is 0.0620 e. The maximum absolute atomic E-state index is 2.51. The Hall–Kier alpha value is -5.08. The number of rotatable bonds is 1. The number of nitrogens with zero attached hydrogens (tertiary/aromatic N) is 2. The third-order valence-corrected chi connectivity index (χ3v) is 8.78. The fourth-order valence-electron chi connectivity index (χ4n) is 7.37. The number of benzene rings is 6. The van der Waals surface area contributed by atoms with Crippen molar-refractivity contribution in [1.82, 2.24) is 8.80 Å². The zero-order chi connectivity index (χ0) is 24.5. The molecule has 0 amide bonds. The number of fused-ring (bicyclic) bond motifs is 12. The molecule has 0 bridgehead atoms. The standard InChI is InChI=1S/C36H20N2/c1-3-19-31-21(9-1)23-11-5-13-25-27-15-7-17-29(35(27)37(31)33(23)25)30-18-8-16-28-26-14-6-12-24-22-10-2-4-20-32(22)38(34(24)26)36(28)30/h1-20H. The molecular formula is C36H20N2. The summed E-state index contributed by atoms with van der Waals surface area (Å²) in [5.74, 6) is 0. The van der Waals surface area contributed by atoms with Crippen molar-refractivity contribution in [3.05, 3.63) is 121 Å². The second-order valence-corrected chi connectivity index (χ2v) is 10.5. The molecule has 0 saturated heterocycles. The highest BCUT2D eigenvalue weighted by molar-refractivity contribution is 6.28. The SMILES string of the molecule is c1ccc2c(c1)c1cccc3c4cccc(-c5cccc6c7cccc8c9ccccc9n(c56)c87)c4n2c13. The normalized spacial score (nSPS) is 12.7. The predicted octanol–water partition coefficient (Wildman–Crippen LogP) is 9.65. The van der Waals surface area contributed by atoms with Crippen LogP contribution in [-0.2, 0) is 0 Å². The highest BCUT2D eigenvalue weighted by Crippen LogP contribution is 2.46. The summed E-state index contributed by atoms with van der Waals surface area (Å²) >= 11 is 0. The van der Waals surface area contributed by atoms with Gasteiger partial charge in [-0.3, -0.25) is 0 Å². The topological polar surface area (TPSA) is 8.82 Å². The molecule has 0 radical (unpaired) electrons. The van der Waals surface area contributed by atoms with Crippen LogP contribution in [0.4, 0.5) is 0 Å². The number of hydrogen-bond acceptors (Lipinski definition) is 0. The van der Waals surface area contributed by atoms with E-state index in [0.717, 1.165) is 0 Å². The molecule has 0 aliphatic rings. The Morgan fingerprint density at radius 3 is 1.03 bits per heavy atom. The second-order valence-electron chi connectivity index (χ2n) is 10.5. The molecular weight excluding hydrogens is 460 g/mol. The Balaban J connectivity index is 1.48. The smallest absolute Gasteiger partial charge is 0.0620 e. The third kappa shape index (κ3) is 2.02. The zero-order valence-corrected chi connectivity index (χ0v) is 20.4. The summed E-state index contributed by atoms with van der Waals surface area (Å²) in [7, 11) is 0. The Kier molecular flexibility index (Phi) is 3.23. The van der Waals surface area contributed by atoms with E-state index in [0.29, 0.717) is 0 Å². The fourth-order valence-corrected chi connectivity index (χ4v) is 7.37. The van der Waals surface area contributed by atoms with E-state index in [9.17, 15) is 0 Å². The Bertz CT molecular complexity index is 2380. The summed E-state index contributed by atoms with van der Waals surface area (Å²) in [5, 5.41) is 10.5. The van der Waals surface area contributed by atoms with Crippen molar-refractivity contribution in [2.75, 3.05) is 0 Å². The molecule has 2 nitrogen and oxygen atoms in total. The van der Waals surface area contributed by atoms with Crippen molar-refractivity contribution in [3.8, 4) is 11.1 Å². The molecule has 6 aromatic carbocycles. The molecule has 4 heterocycles. The van der Waals surface area contributed by atoms with E-state index in [1.165, 1.54) is 87.3 Å². The Morgan fingerprint density at radius 2 is 0.579 bits per heavy atom. The van der Waals surface area contributed by atoms with E-state index in [4.69, 9.17) is 0 Å². The highest BCUT2D eigenvalue weighted by Gasteiger charge is 2.23. The minimum atomic E-state index is 1.27. The van der Waals surface area contributed by atoms with Gasteiger partial charge in [-0.05, 0) is 12.1 Å². The van der Waals surface area contributed by atoms with Gasteiger partial charge < -0.3 is 8.80 Å². The molecule has 0 N–H and O–H groups in total. The van der Waals surface area contributed by atoms with Gasteiger partial charge in [0.05, 0.1) is 33.1 Å². The van der Waals surface area contributed by atoms with Crippen molar-refractivity contribution in [2.45, 2.75) is 0 Å². The van der Waals surface area contributed by atoms with Gasteiger partial charge >= 0.3 is 0 Å². The van der Waals surface area contributed by atoms with Crippen molar-refractivity contribution < 1.29 is 0 Å². The Labute approximate surface area is 217 Å². The monoisotopic (exact) mass is 480 g/mol. The van der Waals surface area contributed by atoms with E-state index in [1.807, 2.05) is 0 Å². The van der Waals surface area contributed by atoms with Crippen LogP contribution in [0.1, 0.15) is 0 Å². The lowest BCUT2D eigenvalue weighted by Gasteiger charge is -2.09. The highest BCUT2D eigenvalue weighted by atomic mass is 14.9. The molecule has 0 spiro atoms. The predicted molar refractivity (Wildman–Crippen MR) is 161 cm³/mol. The molecule has 2 heteroatoms. The van der Waals surface area contributed by atoms with Gasteiger partial charge in [-0.15, -0.1) is 0 Å². The summed E-state index contributed by atoms with van der Waals surface area (Å²) in [6.07, 6.45) is 0. The lowest BCUT2D eigenvalue weighted by atomic mass is 9.98. The molecule has 0 aliphatic heterocycles. The first kappa shape index (κ1) is 19.1. The average Bonchev–Trinajstić information content (AvgIpc) is 3.70. The van der Waals surface area contributed by atoms with Gasteiger partial charge in [0, 0.05) is 54.2 Å². The molecule has 0 fully saturated rings. The maximum atomic E-state index is 2.51. The Morgan fingerprint density at radius 1 is 0.263 bits per heavy atom. The van der Waals surface area contributed by atoms with E-state index < -0.39 is 0 Å². The van der Waals surface area contributed by atoms with Crippen molar-refractivity contribution in [3.63, 3.8) is 0 Å². The molecule has 0 aliphatic carbocycles. The van der Waals surface area contributed by atoms with Crippen LogP contribution in [0.3, 0.4) is 0 Å². The second kappa shape index (κ2) is 6.42. The van der Waals surface area contributed by atoms with Crippen LogP contribution in [0.25, 0.3) is 87.3 Å². The lowest BCUT2D eigenvalue weighted by Crippen LogP contribution is -1.89. The van der Waals surface area contributed by atoms with Crippen LogP contribution in [0.5, 0.6) is 0 Å². The third-order valence-electron chi connectivity index (χ3n) is 8.78. The lowest BCUT2D eigenvalue weighted by molar-refractivity contribution is 1.35. The fraction of sp³-hybridized carbons (Fsp3) is 0. The van der Waals surface area contributed by atoms with Gasteiger partial charge in [0.2, 0.25) is 0 Å². The van der Waals surface area contributed by atoms with Crippen LogP contribution in [0.15, 0.2) is 121 Å². The quantitative estimate of drug-likeness (QED) is 0.221. The van der Waals surface area contributed by atoms with E-state index in [-0.39, 0.29) is 0 Å². The summed E-state index contributed by atoms with van der Waals surface area (Å²) < 4.78 is 5.02. The first-order valence-electron chi connectivity index (χ1n) is 13.2. The molecule has 0 unspecified atom stereocenters. The summed E-state index contributed by atoms with van der Waals surface area (Å²) in [6, 6.07) is 44.8. The molecule has 0 saturated carbocycles. The molecule has 38 heavy (non-hydrogen) atoms. The van der Waals surface area contributed by atoms with Gasteiger partial charge in [-0.1, -0.05) is 109 Å². The van der Waals surface area contributed by atoms with E-state index >= 15 is 0 Å². The molecule has 0 atom stereocenters. The average molecular weight is 481 g/mol. The van der Waals surface area contributed by atoms with Gasteiger partial charge in [0.1, 0.15) is 0 Å². The van der Waals surface area contributed by atoms with Crippen LogP contribution in [-0.4, -0.2) is 8.80 Å². The summed E-state index contributed by atoms with van der Waals surface area (Å²) in [6.45, 7) is 0. The minimum absolute atomic E-state index is 1.27. The first-order chi connectivity index (χ1) is 18.9.